The number of likely N-dealkylation sites (tertiary alicyclic amines) is 1. The highest BCUT2D eigenvalue weighted by Crippen LogP contribution is 2.43. The molecule has 0 radical (unpaired) electrons. The Balaban J connectivity index is 2.32. The van der Waals surface area contributed by atoms with Gasteiger partial charge in [-0.1, -0.05) is 6.92 Å². The minimum absolute atomic E-state index is 0.0390. The molecule has 0 spiro atoms. The van der Waals surface area contributed by atoms with E-state index >= 15 is 0 Å². The van der Waals surface area contributed by atoms with Crippen LogP contribution in [-0.2, 0) is 14.3 Å². The molecule has 1 aromatic rings. The molecule has 1 N–H and O–H groups in total. The molecule has 8 heteroatoms. The molecule has 1 aromatic carbocycles. The highest BCUT2D eigenvalue weighted by atomic mass is 16.5. The molecular weight excluding hydrogens is 376 g/mol. The van der Waals surface area contributed by atoms with Crippen LogP contribution in [0.2, 0.25) is 0 Å². The number of ether oxygens (including phenoxy) is 4. The van der Waals surface area contributed by atoms with Crippen molar-refractivity contribution in [2.75, 3.05) is 54.7 Å². The van der Waals surface area contributed by atoms with Gasteiger partial charge in [0.1, 0.15) is 0 Å². The molecule has 2 rings (SSSR count). The zero-order valence-electron chi connectivity index (χ0n) is 17.9. The van der Waals surface area contributed by atoms with Crippen molar-refractivity contribution in [3.05, 3.63) is 17.7 Å². The van der Waals surface area contributed by atoms with E-state index in [1.54, 1.807) is 33.3 Å². The van der Waals surface area contributed by atoms with E-state index in [0.29, 0.717) is 49.9 Å². The third kappa shape index (κ3) is 5.32. The van der Waals surface area contributed by atoms with Crippen LogP contribution in [0.5, 0.6) is 17.2 Å². The summed E-state index contributed by atoms with van der Waals surface area (Å²) in [5.41, 5.74) is 0.878. The molecule has 0 unspecified atom stereocenters. The van der Waals surface area contributed by atoms with Gasteiger partial charge in [0.2, 0.25) is 17.6 Å². The summed E-state index contributed by atoms with van der Waals surface area (Å²) in [5.74, 6) is 1.02. The second-order valence-electron chi connectivity index (χ2n) is 6.96. The highest BCUT2D eigenvalue weighted by molar-refractivity contribution is 5.83. The summed E-state index contributed by atoms with van der Waals surface area (Å²) < 4.78 is 21.4. The summed E-state index contributed by atoms with van der Waals surface area (Å²) in [6.45, 7) is 3.81. The molecule has 1 fully saturated rings. The second-order valence-corrected chi connectivity index (χ2v) is 6.96. The van der Waals surface area contributed by atoms with E-state index in [1.807, 2.05) is 19.1 Å². The Morgan fingerprint density at radius 2 is 1.72 bits per heavy atom. The van der Waals surface area contributed by atoms with E-state index in [1.165, 1.54) is 0 Å². The van der Waals surface area contributed by atoms with Crippen LogP contribution in [0, 0.1) is 5.92 Å². The molecular formula is C21H32N2O6. The van der Waals surface area contributed by atoms with Crippen LogP contribution < -0.4 is 19.5 Å². The van der Waals surface area contributed by atoms with Gasteiger partial charge in [0.25, 0.3) is 0 Å². The molecule has 1 heterocycles. The lowest BCUT2D eigenvalue weighted by molar-refractivity contribution is -0.130. The number of carbonyl (C=O) groups is 2. The number of rotatable bonds is 10. The van der Waals surface area contributed by atoms with Crippen LogP contribution in [0.4, 0.5) is 0 Å². The molecule has 1 aliphatic heterocycles. The third-order valence-electron chi connectivity index (χ3n) is 5.25. The van der Waals surface area contributed by atoms with Crippen molar-refractivity contribution in [1.82, 2.24) is 10.2 Å². The summed E-state index contributed by atoms with van der Waals surface area (Å²) in [5, 5.41) is 2.97. The topological polar surface area (TPSA) is 86.3 Å². The first kappa shape index (κ1) is 22.8. The average molecular weight is 408 g/mol. The minimum Gasteiger partial charge on any atom is -0.493 e. The Hall–Kier alpha value is -2.48. The molecule has 8 nitrogen and oxygen atoms in total. The van der Waals surface area contributed by atoms with Crippen molar-refractivity contribution in [1.29, 1.82) is 0 Å². The Kier molecular flexibility index (Phi) is 8.57. The van der Waals surface area contributed by atoms with Crippen molar-refractivity contribution in [2.24, 2.45) is 5.92 Å². The van der Waals surface area contributed by atoms with E-state index in [-0.39, 0.29) is 23.7 Å². The van der Waals surface area contributed by atoms with Gasteiger partial charge in [-0.2, -0.15) is 0 Å². The van der Waals surface area contributed by atoms with Crippen LogP contribution in [-0.4, -0.2) is 71.4 Å². The SMILES string of the molecule is CCC(=O)N1C[C@H](C(=O)NCCCOC)[C@@H](c2cc(OC)c(OC)c(OC)c2)C1. The molecule has 2 atom stereocenters. The summed E-state index contributed by atoms with van der Waals surface area (Å²) in [6.07, 6.45) is 1.14. The predicted octanol–water partition coefficient (Wildman–Crippen LogP) is 1.82. The maximum Gasteiger partial charge on any atom is 0.225 e. The number of hydrogen-bond acceptors (Lipinski definition) is 6. The largest absolute Gasteiger partial charge is 0.493 e. The van der Waals surface area contributed by atoms with Gasteiger partial charge >= 0.3 is 0 Å². The number of methoxy groups -OCH3 is 4. The van der Waals surface area contributed by atoms with Crippen LogP contribution in [0.1, 0.15) is 31.2 Å². The molecule has 29 heavy (non-hydrogen) atoms. The summed E-state index contributed by atoms with van der Waals surface area (Å²) >= 11 is 0. The lowest BCUT2D eigenvalue weighted by Crippen LogP contribution is -2.36. The van der Waals surface area contributed by atoms with Gasteiger partial charge < -0.3 is 29.2 Å². The number of benzene rings is 1. The number of nitrogens with zero attached hydrogens (tertiary/aromatic N) is 1. The van der Waals surface area contributed by atoms with Crippen LogP contribution in [0.3, 0.4) is 0 Å². The first-order valence-electron chi connectivity index (χ1n) is 9.84. The zero-order chi connectivity index (χ0) is 21.4. The summed E-state index contributed by atoms with van der Waals surface area (Å²) in [6, 6.07) is 3.72. The fourth-order valence-electron chi connectivity index (χ4n) is 3.71. The average Bonchev–Trinajstić information content (AvgIpc) is 3.20. The van der Waals surface area contributed by atoms with Crippen LogP contribution in [0.15, 0.2) is 12.1 Å². The number of nitrogens with one attached hydrogen (secondary N) is 1. The van der Waals surface area contributed by atoms with Gasteiger partial charge in [-0.05, 0) is 24.1 Å². The van der Waals surface area contributed by atoms with Gasteiger partial charge in [-0.3, -0.25) is 9.59 Å². The van der Waals surface area contributed by atoms with Crippen molar-refractivity contribution < 1.29 is 28.5 Å². The Morgan fingerprint density at radius 1 is 1.07 bits per heavy atom. The molecule has 1 saturated heterocycles. The highest BCUT2D eigenvalue weighted by Gasteiger charge is 2.40. The second kappa shape index (κ2) is 10.9. The maximum atomic E-state index is 12.9. The lowest BCUT2D eigenvalue weighted by atomic mass is 9.88. The van der Waals surface area contributed by atoms with E-state index in [4.69, 9.17) is 18.9 Å². The zero-order valence-corrected chi connectivity index (χ0v) is 17.9. The van der Waals surface area contributed by atoms with E-state index in [2.05, 4.69) is 5.32 Å². The van der Waals surface area contributed by atoms with Gasteiger partial charge in [0.15, 0.2) is 11.5 Å². The smallest absolute Gasteiger partial charge is 0.225 e. The first-order valence-corrected chi connectivity index (χ1v) is 9.84. The first-order chi connectivity index (χ1) is 14.0. The molecule has 162 valence electrons. The summed E-state index contributed by atoms with van der Waals surface area (Å²) in [7, 11) is 6.30. The Morgan fingerprint density at radius 3 is 2.24 bits per heavy atom. The van der Waals surface area contributed by atoms with E-state index in [9.17, 15) is 9.59 Å². The van der Waals surface area contributed by atoms with Gasteiger partial charge in [0, 0.05) is 45.7 Å². The fraction of sp³-hybridized carbons (Fsp3) is 0.619. The number of amides is 2. The third-order valence-corrected chi connectivity index (χ3v) is 5.25. The van der Waals surface area contributed by atoms with Crippen molar-refractivity contribution in [2.45, 2.75) is 25.7 Å². The molecule has 0 aromatic heterocycles. The van der Waals surface area contributed by atoms with Crippen LogP contribution in [0.25, 0.3) is 0 Å². The summed E-state index contributed by atoms with van der Waals surface area (Å²) in [4.78, 5) is 27.0. The number of carbonyl (C=O) groups excluding carboxylic acids is 2. The molecule has 0 bridgehead atoms. The lowest BCUT2D eigenvalue weighted by Gasteiger charge is -2.21. The number of hydrogen-bond donors (Lipinski definition) is 1. The Bertz CT molecular complexity index is 683. The fourth-order valence-corrected chi connectivity index (χ4v) is 3.71. The minimum atomic E-state index is -0.351. The van der Waals surface area contributed by atoms with E-state index in [0.717, 1.165) is 12.0 Å². The van der Waals surface area contributed by atoms with Gasteiger partial charge in [-0.25, -0.2) is 0 Å². The van der Waals surface area contributed by atoms with Crippen LogP contribution >= 0.6 is 0 Å². The monoisotopic (exact) mass is 408 g/mol. The predicted molar refractivity (Wildman–Crippen MR) is 109 cm³/mol. The quantitative estimate of drug-likeness (QED) is 0.595. The standard InChI is InChI=1S/C21H32N2O6/c1-6-19(24)23-12-15(16(13-23)21(25)22-8-7-9-26-2)14-10-17(27-3)20(29-5)18(11-14)28-4/h10-11,15-16H,6-9,12-13H2,1-5H3,(H,22,25)/t15-,16+/m1/s1. The van der Waals surface area contributed by atoms with Gasteiger partial charge in [0.05, 0.1) is 27.2 Å². The van der Waals surface area contributed by atoms with E-state index < -0.39 is 0 Å². The molecule has 0 aliphatic carbocycles. The molecule has 0 saturated carbocycles. The molecule has 2 amide bonds. The molecule has 1 aliphatic rings. The maximum absolute atomic E-state index is 12.9. The van der Waals surface area contributed by atoms with Crippen molar-refractivity contribution in [3.8, 4) is 17.2 Å². The van der Waals surface area contributed by atoms with Crippen molar-refractivity contribution in [3.63, 3.8) is 0 Å². The van der Waals surface area contributed by atoms with Gasteiger partial charge in [-0.15, -0.1) is 0 Å². The van der Waals surface area contributed by atoms with Crippen molar-refractivity contribution >= 4 is 11.8 Å². The normalized spacial score (nSPS) is 18.4. The Labute approximate surface area is 172 Å².